The van der Waals surface area contributed by atoms with E-state index in [1.807, 2.05) is 19.1 Å². The van der Waals surface area contributed by atoms with Crippen molar-refractivity contribution in [2.45, 2.75) is 58.9 Å². The monoisotopic (exact) mass is 521 g/mol. The number of nitrogens with zero attached hydrogens (tertiary/aromatic N) is 2. The molecule has 1 N–H and O–H groups in total. The molecule has 0 aromatic heterocycles. The maximum atomic E-state index is 13.6. The van der Waals surface area contributed by atoms with Gasteiger partial charge in [-0.2, -0.15) is 0 Å². The van der Waals surface area contributed by atoms with Gasteiger partial charge in [0.05, 0.1) is 19.4 Å². The van der Waals surface area contributed by atoms with Gasteiger partial charge in [0.25, 0.3) is 11.8 Å². The molecule has 8 heteroatoms. The first-order chi connectivity index (χ1) is 17.6. The molecular formula is C29H35N3O4S. The Balaban J connectivity index is 1.78. The Bertz CT molecular complexity index is 1270. The van der Waals surface area contributed by atoms with Gasteiger partial charge in [0.15, 0.2) is 5.11 Å². The molecular weight excluding hydrogens is 486 g/mol. The third-order valence-electron chi connectivity index (χ3n) is 6.97. The van der Waals surface area contributed by atoms with Gasteiger partial charge >= 0.3 is 0 Å². The van der Waals surface area contributed by atoms with E-state index in [1.54, 1.807) is 31.4 Å². The fourth-order valence-electron chi connectivity index (χ4n) is 5.39. The molecule has 1 saturated heterocycles. The number of anilines is 2. The second-order valence-corrected chi connectivity index (χ2v) is 10.5. The van der Waals surface area contributed by atoms with E-state index in [-0.39, 0.29) is 16.2 Å². The van der Waals surface area contributed by atoms with Gasteiger partial charge in [-0.25, -0.2) is 0 Å². The number of thiocarbonyl (C=S) groups is 1. The van der Waals surface area contributed by atoms with Crippen LogP contribution < -0.4 is 24.6 Å². The zero-order valence-corrected chi connectivity index (χ0v) is 23.2. The number of carbonyl (C=O) groups is 2. The van der Waals surface area contributed by atoms with E-state index in [1.165, 1.54) is 10.5 Å². The summed E-state index contributed by atoms with van der Waals surface area (Å²) in [5.41, 5.74) is 3.52. The molecule has 2 heterocycles. The normalized spacial score (nSPS) is 20.1. The predicted octanol–water partition coefficient (Wildman–Crippen LogP) is 5.43. The van der Waals surface area contributed by atoms with E-state index in [2.05, 4.69) is 44.0 Å². The Morgan fingerprint density at radius 1 is 1.19 bits per heavy atom. The van der Waals surface area contributed by atoms with Crippen molar-refractivity contribution < 1.29 is 19.1 Å². The number of carbonyl (C=O) groups excluding carboxylic acids is 2. The molecule has 1 unspecified atom stereocenters. The highest BCUT2D eigenvalue weighted by molar-refractivity contribution is 7.80. The lowest BCUT2D eigenvalue weighted by atomic mass is 9.79. The summed E-state index contributed by atoms with van der Waals surface area (Å²) in [6.45, 7) is 12.3. The average molecular weight is 522 g/mol. The van der Waals surface area contributed by atoms with Crippen LogP contribution in [0.4, 0.5) is 11.4 Å². The molecule has 0 saturated carbocycles. The summed E-state index contributed by atoms with van der Waals surface area (Å²) in [5, 5.41) is 2.69. The molecule has 2 aromatic rings. The van der Waals surface area contributed by atoms with Gasteiger partial charge in [0, 0.05) is 35.5 Å². The molecule has 1 atom stereocenters. The van der Waals surface area contributed by atoms with E-state index in [4.69, 9.17) is 21.7 Å². The van der Waals surface area contributed by atoms with Crippen molar-refractivity contribution in [3.63, 3.8) is 0 Å². The Hall–Kier alpha value is -3.39. The summed E-state index contributed by atoms with van der Waals surface area (Å²) in [5.74, 6) is 0.499. The van der Waals surface area contributed by atoms with E-state index in [0.717, 1.165) is 25.1 Å². The van der Waals surface area contributed by atoms with Gasteiger partial charge < -0.3 is 14.4 Å². The van der Waals surface area contributed by atoms with E-state index in [9.17, 15) is 9.59 Å². The number of amides is 2. The molecule has 7 nitrogen and oxygen atoms in total. The first kappa shape index (κ1) is 26.7. The molecule has 4 rings (SSSR count). The summed E-state index contributed by atoms with van der Waals surface area (Å²) >= 11 is 5.37. The van der Waals surface area contributed by atoms with Crippen molar-refractivity contribution in [1.29, 1.82) is 0 Å². The molecule has 0 radical (unpaired) electrons. The maximum absolute atomic E-state index is 13.6. The first-order valence-corrected chi connectivity index (χ1v) is 13.2. The van der Waals surface area contributed by atoms with Gasteiger partial charge in [-0.15, -0.1) is 0 Å². The third kappa shape index (κ3) is 5.07. The van der Waals surface area contributed by atoms with Crippen LogP contribution in [0.5, 0.6) is 11.5 Å². The smallest absolute Gasteiger partial charge is 0.270 e. The molecule has 1 fully saturated rings. The number of benzene rings is 2. The van der Waals surface area contributed by atoms with Crippen LogP contribution in [0, 0.1) is 0 Å². The SMILES string of the molecule is CCCN1c2cc(OC)c(/C=C3/C(=O)NC(=S)N(c4cccc(OCC)c4)C3=O)cc2C(C)CC1(C)C. The van der Waals surface area contributed by atoms with E-state index in [0.29, 0.717) is 35.3 Å². The topological polar surface area (TPSA) is 71.1 Å². The molecule has 196 valence electrons. The first-order valence-electron chi connectivity index (χ1n) is 12.7. The fraction of sp³-hybridized carbons (Fsp3) is 0.414. The highest BCUT2D eigenvalue weighted by Gasteiger charge is 2.38. The highest BCUT2D eigenvalue weighted by Crippen LogP contribution is 2.46. The lowest BCUT2D eigenvalue weighted by molar-refractivity contribution is -0.122. The number of nitrogens with one attached hydrogen (secondary N) is 1. The van der Waals surface area contributed by atoms with Crippen molar-refractivity contribution in [2.75, 3.05) is 30.1 Å². The Morgan fingerprint density at radius 2 is 1.95 bits per heavy atom. The van der Waals surface area contributed by atoms with Crippen LogP contribution in [0.25, 0.3) is 6.08 Å². The van der Waals surface area contributed by atoms with Crippen molar-refractivity contribution in [2.24, 2.45) is 0 Å². The summed E-state index contributed by atoms with van der Waals surface area (Å²) < 4.78 is 11.3. The lowest BCUT2D eigenvalue weighted by Gasteiger charge is -2.48. The fourth-order valence-corrected chi connectivity index (χ4v) is 5.67. The molecule has 2 aliphatic heterocycles. The van der Waals surface area contributed by atoms with Crippen molar-refractivity contribution in [3.8, 4) is 11.5 Å². The molecule has 0 spiro atoms. The van der Waals surface area contributed by atoms with Crippen LogP contribution >= 0.6 is 12.2 Å². The van der Waals surface area contributed by atoms with Crippen LogP contribution in [0.1, 0.15) is 64.5 Å². The minimum atomic E-state index is -0.534. The second-order valence-electron chi connectivity index (χ2n) is 10.1. The van der Waals surface area contributed by atoms with Crippen molar-refractivity contribution >= 4 is 46.6 Å². The molecule has 37 heavy (non-hydrogen) atoms. The maximum Gasteiger partial charge on any atom is 0.270 e. The van der Waals surface area contributed by atoms with Crippen LogP contribution in [-0.2, 0) is 9.59 Å². The van der Waals surface area contributed by atoms with Crippen molar-refractivity contribution in [1.82, 2.24) is 5.32 Å². The van der Waals surface area contributed by atoms with Crippen LogP contribution in [0.15, 0.2) is 42.0 Å². The van der Waals surface area contributed by atoms with Gasteiger partial charge in [-0.05, 0) is 81.6 Å². The van der Waals surface area contributed by atoms with E-state index < -0.39 is 11.8 Å². The molecule has 0 bridgehead atoms. The van der Waals surface area contributed by atoms with Gasteiger partial charge in [-0.3, -0.25) is 19.8 Å². The van der Waals surface area contributed by atoms with Crippen LogP contribution in [-0.4, -0.2) is 42.7 Å². The minimum Gasteiger partial charge on any atom is -0.496 e. The molecule has 2 aliphatic rings. The summed E-state index contributed by atoms with van der Waals surface area (Å²) in [4.78, 5) is 30.3. The van der Waals surface area contributed by atoms with E-state index >= 15 is 0 Å². The van der Waals surface area contributed by atoms with Crippen LogP contribution in [0.2, 0.25) is 0 Å². The molecule has 2 amide bonds. The number of hydrogen-bond donors (Lipinski definition) is 1. The molecule has 2 aromatic carbocycles. The highest BCUT2D eigenvalue weighted by atomic mass is 32.1. The predicted molar refractivity (Wildman–Crippen MR) is 152 cm³/mol. The average Bonchev–Trinajstić information content (AvgIpc) is 2.84. The largest absolute Gasteiger partial charge is 0.496 e. The zero-order valence-electron chi connectivity index (χ0n) is 22.4. The number of hydrogen-bond acceptors (Lipinski definition) is 6. The lowest BCUT2D eigenvalue weighted by Crippen LogP contribution is -2.54. The van der Waals surface area contributed by atoms with Gasteiger partial charge in [-0.1, -0.05) is 19.9 Å². The number of methoxy groups -OCH3 is 1. The third-order valence-corrected chi connectivity index (χ3v) is 7.26. The van der Waals surface area contributed by atoms with Crippen molar-refractivity contribution in [3.05, 3.63) is 53.1 Å². The Morgan fingerprint density at radius 3 is 2.62 bits per heavy atom. The zero-order chi connectivity index (χ0) is 26.9. The minimum absolute atomic E-state index is 0.0112. The number of fused-ring (bicyclic) bond motifs is 1. The van der Waals surface area contributed by atoms with Crippen LogP contribution in [0.3, 0.4) is 0 Å². The Kier molecular flexibility index (Phi) is 7.59. The number of rotatable bonds is 7. The summed E-state index contributed by atoms with van der Waals surface area (Å²) in [6, 6.07) is 11.2. The number of ether oxygens (including phenoxy) is 2. The molecule has 0 aliphatic carbocycles. The quantitative estimate of drug-likeness (QED) is 0.298. The Labute approximate surface area is 224 Å². The van der Waals surface area contributed by atoms with Gasteiger partial charge in [0.1, 0.15) is 17.1 Å². The summed E-state index contributed by atoms with van der Waals surface area (Å²) in [6.07, 6.45) is 3.63. The second kappa shape index (κ2) is 10.5. The summed E-state index contributed by atoms with van der Waals surface area (Å²) in [7, 11) is 1.61. The van der Waals surface area contributed by atoms with Gasteiger partial charge in [0.2, 0.25) is 0 Å². The standard InChI is InChI=1S/C29H35N3O4S/c1-7-12-31-24-16-25(35-6)19(13-22(24)18(3)17-29(31,4)5)14-23-26(33)30-28(37)32(27(23)34)20-10-9-11-21(15-20)36-8-2/h9-11,13-16,18H,7-8,12,17H2,1-6H3,(H,30,33,37)/b23-14-.